The van der Waals surface area contributed by atoms with Gasteiger partial charge >= 0.3 is 55.1 Å². The van der Waals surface area contributed by atoms with Crippen molar-refractivity contribution < 1.29 is 136 Å². The van der Waals surface area contributed by atoms with Crippen molar-refractivity contribution in [3.05, 3.63) is 0 Å². The van der Waals surface area contributed by atoms with Gasteiger partial charge in [0, 0.05) is 11.8 Å². The van der Waals surface area contributed by atoms with Crippen LogP contribution < -0.4 is 0 Å². The van der Waals surface area contributed by atoms with Crippen molar-refractivity contribution in [1.29, 1.82) is 0 Å². The van der Waals surface area contributed by atoms with Gasteiger partial charge in [-0.3, -0.25) is 0 Å². The highest BCUT2D eigenvalue weighted by Gasteiger charge is 2.88. The first kappa shape index (κ1) is 100. The minimum Gasteiger partial charge on any atom is -0.247 e. The van der Waals surface area contributed by atoms with Crippen LogP contribution in [0.25, 0.3) is 0 Å². The normalized spacial score (nSPS) is 35.6. The Morgan fingerprint density at radius 1 is 0.337 bits per heavy atom. The van der Waals surface area contributed by atoms with Crippen LogP contribution in [-0.4, -0.2) is 85.2 Å². The van der Waals surface area contributed by atoms with Crippen molar-refractivity contribution in [2.24, 2.45) is 117 Å². The Hall–Kier alpha value is -2.17. The first-order valence-corrected chi connectivity index (χ1v) is 33.1. The van der Waals surface area contributed by atoms with Crippen molar-refractivity contribution in [3.63, 3.8) is 0 Å². The van der Waals surface area contributed by atoms with Gasteiger partial charge in [-0.05, 0) is 111 Å². The van der Waals surface area contributed by atoms with E-state index in [4.69, 9.17) is 0 Å². The Morgan fingerprint density at radius 3 is 0.796 bits per heavy atom. The summed E-state index contributed by atoms with van der Waals surface area (Å²) in [6.45, 7) is 34.6. The van der Waals surface area contributed by atoms with E-state index in [0.717, 1.165) is 50.9 Å². The summed E-state index contributed by atoms with van der Waals surface area (Å²) in [7, 11) is 0. The average Bonchev–Trinajstić information content (AvgIpc) is 1.53. The summed E-state index contributed by atoms with van der Waals surface area (Å²) in [6, 6.07) is 0. The standard InChI is InChI=1S/C10H14F6.C9H15F3.C8H13F3.C8H16.C7H7F7.C7H11F3.C6H8F6.C6H11F3.C6H14/c1-4-5(2)8(10(14,15)16)6(3)7(4)9(11,12)13;1-6-4-3-5-8(7(6)2)9(10,11)12;1-5-3-6(2)7(4-5)8(9,10)11;1-6-4-5-7(2)8(6)3;1-3-5(9,10)4(2,8)7(13,14)6(3,11)12;1-3-5(8)4(2)7(10)6(3)9;1-3-4(2,5(7,8)9)6(10,11)12;1-4-5(2,3)6(7,8)9;1-5-6(2,3)4/h4-8H,1-3H3;6-8H,3-5H2,1-2H3;5-7H,3-4H2,1-2H3;6-8H,4-5H2,1-3H3;3H,1-2H3;3-7H,1-2H3;3H2,1-2H3;4H2,1-3H3;5H2,1-4H3/t4-,5?,6?,7?,8?;6?,7-,8?;5-,6?,7?;;3-,4?;3-,4?,5?,6?,7?;;;/m110.00.../s1. The molecule has 594 valence electrons. The highest BCUT2D eigenvalue weighted by molar-refractivity contribution is 5.19. The zero-order valence-corrected chi connectivity index (χ0v) is 60.3. The van der Waals surface area contributed by atoms with Crippen LogP contribution in [0.4, 0.5) is 136 Å². The van der Waals surface area contributed by atoms with Gasteiger partial charge in [-0.15, -0.1) is 0 Å². The molecular weight excluding hydrogens is 1390 g/mol. The maximum absolute atomic E-state index is 12.9. The fourth-order valence-electron chi connectivity index (χ4n) is 12.3. The van der Waals surface area contributed by atoms with Crippen molar-refractivity contribution >= 4 is 0 Å². The number of hydrogen-bond acceptors (Lipinski definition) is 0. The maximum atomic E-state index is 12.9. The van der Waals surface area contributed by atoms with Crippen LogP contribution in [-0.2, 0) is 0 Å². The number of alkyl halides is 31. The van der Waals surface area contributed by atoms with Crippen LogP contribution >= 0.6 is 0 Å². The third kappa shape index (κ3) is 26.2. The molecule has 0 radical (unpaired) electrons. The average molecular weight is 1500 g/mol. The van der Waals surface area contributed by atoms with Gasteiger partial charge in [0.2, 0.25) is 5.67 Å². The molecule has 6 saturated carbocycles. The van der Waals surface area contributed by atoms with Gasteiger partial charge < -0.3 is 0 Å². The second kappa shape index (κ2) is 36.2. The third-order valence-electron chi connectivity index (χ3n) is 22.1. The molecule has 0 aromatic heterocycles. The summed E-state index contributed by atoms with van der Waals surface area (Å²) in [4.78, 5) is 0. The molecule has 0 aromatic rings. The molecule has 6 rings (SSSR count). The first-order valence-electron chi connectivity index (χ1n) is 33.1. The van der Waals surface area contributed by atoms with E-state index in [-0.39, 0.29) is 50.9 Å². The maximum Gasteiger partial charge on any atom is 0.402 e. The summed E-state index contributed by atoms with van der Waals surface area (Å²) in [5.74, 6) is -25.8. The predicted molar refractivity (Wildman–Crippen MR) is 319 cm³/mol. The highest BCUT2D eigenvalue weighted by Crippen LogP contribution is 2.65. The molecule has 6 aliphatic rings. The Morgan fingerprint density at radius 2 is 0.673 bits per heavy atom. The fourth-order valence-corrected chi connectivity index (χ4v) is 12.3. The summed E-state index contributed by atoms with van der Waals surface area (Å²) in [5.41, 5.74) is -9.09. The lowest BCUT2D eigenvalue weighted by Crippen LogP contribution is -2.52. The van der Waals surface area contributed by atoms with Crippen molar-refractivity contribution in [1.82, 2.24) is 0 Å². The number of hydrogen-bond donors (Lipinski definition) is 0. The van der Waals surface area contributed by atoms with E-state index >= 15 is 0 Å². The van der Waals surface area contributed by atoms with Crippen LogP contribution in [0.5, 0.6) is 0 Å². The van der Waals surface area contributed by atoms with E-state index in [0.29, 0.717) is 18.3 Å². The molecule has 0 bridgehead atoms. The zero-order chi connectivity index (χ0) is 79.6. The van der Waals surface area contributed by atoms with Gasteiger partial charge in [0.25, 0.3) is 5.92 Å². The SMILES string of the molecule is CC1C(C(F)(F)F)C(C)[C@@H](C)C1C(F)(F)F.CC1C(F)C(F)[C@@H](C)C1F.CC1CCC(C)C1C.CC1CCCC(C(F)(F)F)[C@@H]1C.CC1C[C@H](C)CC1C(F)(F)F.CCC(C)(C(F)(F)F)C(F)(F)F.CCC(C)(C)C.CCC(C)(C)C(F)(F)F.C[C@H]1C(F)(F)C(C)(F)C(F)(F)C1(F)F. The molecule has 0 heterocycles. The van der Waals surface area contributed by atoms with E-state index in [9.17, 15) is 136 Å². The van der Waals surface area contributed by atoms with Crippen LogP contribution in [0.2, 0.25) is 0 Å². The van der Waals surface area contributed by atoms with Crippen molar-refractivity contribution in [2.75, 3.05) is 0 Å². The Labute approximate surface area is 560 Å². The summed E-state index contributed by atoms with van der Waals surface area (Å²) < 4.78 is 383. The number of rotatable bonds is 2. The first-order chi connectivity index (χ1) is 42.9. The molecule has 6 aliphatic carbocycles. The summed E-state index contributed by atoms with van der Waals surface area (Å²) in [5, 5.41) is 0. The number of halogens is 31. The van der Waals surface area contributed by atoms with Gasteiger partial charge in [-0.25, -0.2) is 26.3 Å². The summed E-state index contributed by atoms with van der Waals surface area (Å²) >= 11 is 0. The van der Waals surface area contributed by atoms with Gasteiger partial charge in [0.05, 0.1) is 35.0 Å². The fraction of sp³-hybridized carbons (Fsp3) is 1.00. The largest absolute Gasteiger partial charge is 0.402 e. The minimum absolute atomic E-state index is 0.135. The quantitative estimate of drug-likeness (QED) is 0.242. The Kier molecular flexibility index (Phi) is 37.0. The lowest BCUT2D eigenvalue weighted by Gasteiger charge is -2.35. The van der Waals surface area contributed by atoms with Crippen LogP contribution in [0.3, 0.4) is 0 Å². The molecule has 6 fully saturated rings. The van der Waals surface area contributed by atoms with Gasteiger partial charge in [0.1, 0.15) is 18.5 Å². The molecule has 0 nitrogen and oxygen atoms in total. The van der Waals surface area contributed by atoms with Crippen molar-refractivity contribution in [3.8, 4) is 0 Å². The molecule has 15 unspecified atom stereocenters. The smallest absolute Gasteiger partial charge is 0.247 e. The van der Waals surface area contributed by atoms with E-state index in [1.54, 1.807) is 13.8 Å². The molecule has 0 aliphatic heterocycles. The van der Waals surface area contributed by atoms with E-state index in [1.165, 1.54) is 67.7 Å². The molecular formula is C67H109F31. The van der Waals surface area contributed by atoms with Gasteiger partial charge in [0.15, 0.2) is 5.41 Å². The highest BCUT2D eigenvalue weighted by atomic mass is 19.4. The van der Waals surface area contributed by atoms with E-state index in [2.05, 4.69) is 48.5 Å². The molecule has 0 spiro atoms. The minimum atomic E-state index is -5.36. The van der Waals surface area contributed by atoms with Crippen molar-refractivity contribution in [2.45, 2.75) is 309 Å². The lowest BCUT2D eigenvalue weighted by atomic mass is 9.73. The molecule has 98 heavy (non-hydrogen) atoms. The molecule has 0 amide bonds. The van der Waals surface area contributed by atoms with Crippen LogP contribution in [0, 0.1) is 117 Å². The Bertz CT molecular complexity index is 2110. The monoisotopic (exact) mass is 1500 g/mol. The van der Waals surface area contributed by atoms with E-state index in [1.807, 2.05) is 13.8 Å². The van der Waals surface area contributed by atoms with Crippen LogP contribution in [0.1, 0.15) is 223 Å². The van der Waals surface area contributed by atoms with Gasteiger partial charge in [-0.1, -0.05) is 178 Å². The predicted octanol–water partition coefficient (Wildman–Crippen LogP) is 28.3. The summed E-state index contributed by atoms with van der Waals surface area (Å²) in [6.07, 6.45) is -29.7. The molecule has 0 saturated heterocycles. The zero-order valence-electron chi connectivity index (χ0n) is 60.3. The second-order valence-electron chi connectivity index (χ2n) is 30.6. The molecule has 0 aromatic carbocycles. The molecule has 20 atom stereocenters. The second-order valence-corrected chi connectivity index (χ2v) is 30.6. The van der Waals surface area contributed by atoms with Gasteiger partial charge in [-0.2, -0.15) is 110 Å². The molecule has 31 heteroatoms. The topological polar surface area (TPSA) is 0 Å². The lowest BCUT2D eigenvalue weighted by molar-refractivity contribution is -0.335. The third-order valence-corrected chi connectivity index (χ3v) is 22.1. The van der Waals surface area contributed by atoms with Crippen LogP contribution in [0.15, 0.2) is 0 Å². The Balaban J connectivity index is -0.00000105. The van der Waals surface area contributed by atoms with E-state index < -0.39 is 162 Å². The molecule has 0 N–H and O–H groups in total.